The third-order valence-corrected chi connectivity index (χ3v) is 5.33. The zero-order chi connectivity index (χ0) is 15.2. The number of nitrogens with two attached hydrogens (primary N) is 1. The van der Waals surface area contributed by atoms with E-state index < -0.39 is 0 Å². The molecule has 6 heteroatoms. The van der Waals surface area contributed by atoms with E-state index in [1.807, 2.05) is 0 Å². The second kappa shape index (κ2) is 7.64. The molecule has 1 aromatic rings. The van der Waals surface area contributed by atoms with Crippen molar-refractivity contribution in [3.63, 3.8) is 0 Å². The number of carbonyl (C=O) groups is 1. The van der Waals surface area contributed by atoms with Crippen LogP contribution in [0.5, 0.6) is 0 Å². The largest absolute Gasteiger partial charge is 0.382 e. The molecule has 1 amide bonds. The Morgan fingerprint density at radius 2 is 2.05 bits per heavy atom. The van der Waals surface area contributed by atoms with Crippen LogP contribution < -0.4 is 16.0 Å². The SMILES string of the molecule is CCN(CC)c1nc(N)c(C(=O)NCCC2CCCC2)s1. The van der Waals surface area contributed by atoms with E-state index in [-0.39, 0.29) is 5.91 Å². The summed E-state index contributed by atoms with van der Waals surface area (Å²) in [5.74, 6) is 1.05. The number of nitrogen functional groups attached to an aromatic ring is 1. The van der Waals surface area contributed by atoms with Crippen LogP contribution in [0.3, 0.4) is 0 Å². The van der Waals surface area contributed by atoms with Crippen molar-refractivity contribution in [3.05, 3.63) is 4.88 Å². The number of carbonyl (C=O) groups excluding carboxylic acids is 1. The smallest absolute Gasteiger partial charge is 0.265 e. The minimum atomic E-state index is -0.0820. The number of nitrogens with one attached hydrogen (secondary N) is 1. The molecule has 1 saturated carbocycles. The topological polar surface area (TPSA) is 71.2 Å². The van der Waals surface area contributed by atoms with Crippen molar-refractivity contribution in [1.29, 1.82) is 0 Å². The lowest BCUT2D eigenvalue weighted by atomic mass is 10.0. The van der Waals surface area contributed by atoms with Crippen molar-refractivity contribution < 1.29 is 4.79 Å². The Bertz CT molecular complexity index is 464. The molecule has 1 heterocycles. The molecule has 0 unspecified atom stereocenters. The first-order valence-electron chi connectivity index (χ1n) is 7.95. The van der Waals surface area contributed by atoms with Gasteiger partial charge in [0.15, 0.2) is 5.13 Å². The number of amides is 1. The molecule has 0 saturated heterocycles. The highest BCUT2D eigenvalue weighted by Crippen LogP contribution is 2.29. The number of rotatable bonds is 7. The van der Waals surface area contributed by atoms with Crippen LogP contribution >= 0.6 is 11.3 Å². The maximum absolute atomic E-state index is 12.2. The minimum Gasteiger partial charge on any atom is -0.382 e. The zero-order valence-electron chi connectivity index (χ0n) is 13.0. The summed E-state index contributed by atoms with van der Waals surface area (Å²) >= 11 is 1.39. The Balaban J connectivity index is 1.89. The number of anilines is 2. The average Bonchev–Trinajstić information content (AvgIpc) is 3.10. The van der Waals surface area contributed by atoms with Crippen LogP contribution in [0.15, 0.2) is 0 Å². The van der Waals surface area contributed by atoms with Gasteiger partial charge in [-0.3, -0.25) is 4.79 Å². The minimum absolute atomic E-state index is 0.0820. The van der Waals surface area contributed by atoms with E-state index in [2.05, 4.69) is 29.0 Å². The van der Waals surface area contributed by atoms with Gasteiger partial charge < -0.3 is 16.0 Å². The molecule has 1 aliphatic rings. The van der Waals surface area contributed by atoms with Gasteiger partial charge in [0.25, 0.3) is 5.91 Å². The van der Waals surface area contributed by atoms with Gasteiger partial charge >= 0.3 is 0 Å². The quantitative estimate of drug-likeness (QED) is 0.812. The predicted molar refractivity (Wildman–Crippen MR) is 89.0 cm³/mol. The molecule has 1 fully saturated rings. The first kappa shape index (κ1) is 16.1. The molecular formula is C15H26N4OS. The summed E-state index contributed by atoms with van der Waals surface area (Å²) in [5.41, 5.74) is 5.90. The van der Waals surface area contributed by atoms with Crippen molar-refractivity contribution in [2.75, 3.05) is 30.3 Å². The van der Waals surface area contributed by atoms with Gasteiger partial charge in [-0.15, -0.1) is 0 Å². The van der Waals surface area contributed by atoms with Crippen LogP contribution in [0.2, 0.25) is 0 Å². The van der Waals surface area contributed by atoms with Crippen molar-refractivity contribution >= 4 is 28.2 Å². The number of nitrogens with zero attached hydrogens (tertiary/aromatic N) is 2. The second-order valence-electron chi connectivity index (χ2n) is 5.58. The molecule has 1 aromatic heterocycles. The number of aromatic nitrogens is 1. The molecule has 0 bridgehead atoms. The first-order chi connectivity index (χ1) is 10.2. The second-order valence-corrected chi connectivity index (χ2v) is 6.56. The van der Waals surface area contributed by atoms with E-state index in [4.69, 9.17) is 5.73 Å². The molecule has 5 nitrogen and oxygen atoms in total. The van der Waals surface area contributed by atoms with E-state index >= 15 is 0 Å². The standard InChI is InChI=1S/C15H26N4OS/c1-3-19(4-2)15-18-13(16)12(21-15)14(20)17-10-9-11-7-5-6-8-11/h11H,3-10,16H2,1-2H3,(H,17,20). The lowest BCUT2D eigenvalue weighted by molar-refractivity contribution is 0.0956. The fourth-order valence-electron chi connectivity index (χ4n) is 2.88. The summed E-state index contributed by atoms with van der Waals surface area (Å²) in [6.07, 6.45) is 6.38. The Labute approximate surface area is 130 Å². The van der Waals surface area contributed by atoms with Gasteiger partial charge in [-0.25, -0.2) is 4.98 Å². The number of hydrogen-bond acceptors (Lipinski definition) is 5. The van der Waals surface area contributed by atoms with Crippen LogP contribution in [-0.4, -0.2) is 30.5 Å². The summed E-state index contributed by atoms with van der Waals surface area (Å²) in [6, 6.07) is 0. The van der Waals surface area contributed by atoms with Crippen molar-refractivity contribution in [1.82, 2.24) is 10.3 Å². The van der Waals surface area contributed by atoms with E-state index in [1.54, 1.807) is 0 Å². The van der Waals surface area contributed by atoms with Gasteiger partial charge in [0.2, 0.25) is 0 Å². The molecule has 118 valence electrons. The normalized spacial score (nSPS) is 15.3. The molecule has 21 heavy (non-hydrogen) atoms. The summed E-state index contributed by atoms with van der Waals surface area (Å²) in [4.78, 5) is 19.2. The highest BCUT2D eigenvalue weighted by molar-refractivity contribution is 7.18. The van der Waals surface area contributed by atoms with Gasteiger partial charge in [-0.05, 0) is 26.2 Å². The lowest BCUT2D eigenvalue weighted by Crippen LogP contribution is -2.25. The first-order valence-corrected chi connectivity index (χ1v) is 8.76. The van der Waals surface area contributed by atoms with Gasteiger partial charge in [-0.2, -0.15) is 0 Å². The Kier molecular flexibility index (Phi) is 5.85. The Morgan fingerprint density at radius 3 is 2.67 bits per heavy atom. The molecule has 0 aromatic carbocycles. The van der Waals surface area contributed by atoms with Gasteiger partial charge in [0.1, 0.15) is 10.7 Å². The molecular weight excluding hydrogens is 284 g/mol. The van der Waals surface area contributed by atoms with Crippen LogP contribution in [0, 0.1) is 5.92 Å². The highest BCUT2D eigenvalue weighted by atomic mass is 32.1. The van der Waals surface area contributed by atoms with E-state index in [0.717, 1.165) is 37.1 Å². The third-order valence-electron chi connectivity index (χ3n) is 4.20. The fraction of sp³-hybridized carbons (Fsp3) is 0.733. The van der Waals surface area contributed by atoms with E-state index in [0.29, 0.717) is 10.7 Å². The highest BCUT2D eigenvalue weighted by Gasteiger charge is 2.19. The third kappa shape index (κ3) is 4.09. The Morgan fingerprint density at radius 1 is 1.38 bits per heavy atom. The van der Waals surface area contributed by atoms with Crippen molar-refractivity contribution in [2.24, 2.45) is 5.92 Å². The van der Waals surface area contributed by atoms with E-state index in [9.17, 15) is 4.79 Å². The van der Waals surface area contributed by atoms with Crippen LogP contribution in [-0.2, 0) is 0 Å². The maximum Gasteiger partial charge on any atom is 0.265 e. The molecule has 3 N–H and O–H groups in total. The van der Waals surface area contributed by atoms with Crippen LogP contribution in [0.4, 0.5) is 10.9 Å². The fourth-order valence-corrected chi connectivity index (χ4v) is 3.91. The monoisotopic (exact) mass is 310 g/mol. The summed E-state index contributed by atoms with van der Waals surface area (Å²) in [5, 5.41) is 3.82. The molecule has 0 aliphatic heterocycles. The average molecular weight is 310 g/mol. The van der Waals surface area contributed by atoms with Crippen molar-refractivity contribution in [3.8, 4) is 0 Å². The number of thiazole rings is 1. The van der Waals surface area contributed by atoms with E-state index in [1.165, 1.54) is 37.0 Å². The molecule has 0 spiro atoms. The summed E-state index contributed by atoms with van der Waals surface area (Å²) < 4.78 is 0. The van der Waals surface area contributed by atoms with Crippen LogP contribution in [0.1, 0.15) is 55.6 Å². The molecule has 0 radical (unpaired) electrons. The van der Waals surface area contributed by atoms with Gasteiger partial charge in [0.05, 0.1) is 0 Å². The maximum atomic E-state index is 12.2. The summed E-state index contributed by atoms with van der Waals surface area (Å²) in [6.45, 7) is 6.62. The number of hydrogen-bond donors (Lipinski definition) is 2. The van der Waals surface area contributed by atoms with Gasteiger partial charge in [0, 0.05) is 19.6 Å². The van der Waals surface area contributed by atoms with Crippen molar-refractivity contribution in [2.45, 2.75) is 46.0 Å². The predicted octanol–water partition coefficient (Wildman–Crippen LogP) is 2.88. The van der Waals surface area contributed by atoms with Gasteiger partial charge in [-0.1, -0.05) is 37.0 Å². The Hall–Kier alpha value is -1.30. The summed E-state index contributed by atoms with van der Waals surface area (Å²) in [7, 11) is 0. The lowest BCUT2D eigenvalue weighted by Gasteiger charge is -2.16. The molecule has 2 rings (SSSR count). The molecule has 0 atom stereocenters. The zero-order valence-corrected chi connectivity index (χ0v) is 13.8. The van der Waals surface area contributed by atoms with Crippen LogP contribution in [0.25, 0.3) is 0 Å². The molecule has 1 aliphatic carbocycles.